The van der Waals surface area contributed by atoms with Gasteiger partial charge in [-0.05, 0) is 31.4 Å². The fraction of sp³-hybridized carbons (Fsp3) is 0.500. The Kier molecular flexibility index (Phi) is 3.92. The van der Waals surface area contributed by atoms with Crippen LogP contribution in [0.25, 0.3) is 0 Å². The van der Waals surface area contributed by atoms with Gasteiger partial charge in [0, 0.05) is 25.3 Å². The van der Waals surface area contributed by atoms with Gasteiger partial charge in [-0.1, -0.05) is 18.2 Å². The molecular weight excluding hydrogens is 266 g/mol. The van der Waals surface area contributed by atoms with E-state index in [4.69, 9.17) is 0 Å². The Balaban J connectivity index is 1.78. The maximum atomic E-state index is 12.8. The molecule has 2 aliphatic heterocycles. The van der Waals surface area contributed by atoms with E-state index < -0.39 is 0 Å². The molecule has 2 aliphatic rings. The summed E-state index contributed by atoms with van der Waals surface area (Å²) in [5.41, 5.74) is 2.27. The summed E-state index contributed by atoms with van der Waals surface area (Å²) >= 11 is 0. The van der Waals surface area contributed by atoms with Crippen molar-refractivity contribution in [3.63, 3.8) is 0 Å². The molecule has 0 aliphatic carbocycles. The molecule has 5 nitrogen and oxygen atoms in total. The van der Waals surface area contributed by atoms with Gasteiger partial charge in [0.2, 0.25) is 11.8 Å². The molecule has 1 atom stereocenters. The first-order chi connectivity index (χ1) is 10.2. The second-order valence-electron chi connectivity index (χ2n) is 5.72. The molecule has 0 radical (unpaired) electrons. The number of amides is 2. The molecule has 1 N–H and O–H groups in total. The molecule has 0 aromatic heterocycles. The molecule has 1 unspecified atom stereocenters. The molecule has 3 rings (SSSR count). The summed E-state index contributed by atoms with van der Waals surface area (Å²) in [5.74, 6) is 0.0943. The van der Waals surface area contributed by atoms with Gasteiger partial charge in [0.25, 0.3) is 0 Å². The first kappa shape index (κ1) is 14.1. The van der Waals surface area contributed by atoms with Gasteiger partial charge in [0.15, 0.2) is 0 Å². The number of para-hydroxylation sites is 1. The average Bonchev–Trinajstić information content (AvgIpc) is 2.53. The van der Waals surface area contributed by atoms with Gasteiger partial charge in [-0.3, -0.25) is 14.5 Å². The largest absolute Gasteiger partial charge is 0.354 e. The van der Waals surface area contributed by atoms with Crippen LogP contribution in [-0.4, -0.2) is 48.9 Å². The minimum absolute atomic E-state index is 0.0000516. The first-order valence-corrected chi connectivity index (χ1v) is 7.57. The van der Waals surface area contributed by atoms with Crippen molar-refractivity contribution >= 4 is 17.5 Å². The molecule has 0 saturated carbocycles. The molecule has 0 bridgehead atoms. The lowest BCUT2D eigenvalue weighted by molar-refractivity contribution is -0.128. The van der Waals surface area contributed by atoms with E-state index >= 15 is 0 Å². The number of nitrogens with one attached hydrogen (secondary N) is 1. The predicted molar refractivity (Wildman–Crippen MR) is 81.2 cm³/mol. The summed E-state index contributed by atoms with van der Waals surface area (Å²) in [6, 6.07) is 7.84. The minimum Gasteiger partial charge on any atom is -0.354 e. The van der Waals surface area contributed by atoms with E-state index in [1.54, 1.807) is 0 Å². The fourth-order valence-corrected chi connectivity index (χ4v) is 3.13. The smallest absolute Gasteiger partial charge is 0.244 e. The highest BCUT2D eigenvalue weighted by atomic mass is 16.2. The van der Waals surface area contributed by atoms with E-state index in [0.717, 1.165) is 31.6 Å². The predicted octanol–water partition coefficient (Wildman–Crippen LogP) is 0.786. The fourth-order valence-electron chi connectivity index (χ4n) is 3.13. The molecule has 2 heterocycles. The van der Waals surface area contributed by atoms with E-state index in [9.17, 15) is 9.59 Å². The van der Waals surface area contributed by atoms with Crippen LogP contribution < -0.4 is 10.2 Å². The van der Waals surface area contributed by atoms with Gasteiger partial charge in [-0.25, -0.2) is 0 Å². The third-order valence-corrected chi connectivity index (χ3v) is 4.35. The number of carbonyl (C=O) groups is 2. The molecular formula is C16H21N3O2. The van der Waals surface area contributed by atoms with Crippen LogP contribution in [0.4, 0.5) is 5.69 Å². The Morgan fingerprint density at radius 1 is 1.29 bits per heavy atom. The molecule has 5 heteroatoms. The monoisotopic (exact) mass is 287 g/mol. The highest BCUT2D eigenvalue weighted by molar-refractivity contribution is 5.98. The lowest BCUT2D eigenvalue weighted by atomic mass is 10.0. The quantitative estimate of drug-likeness (QED) is 0.875. The zero-order valence-electron chi connectivity index (χ0n) is 12.3. The van der Waals surface area contributed by atoms with Crippen molar-refractivity contribution in [2.75, 3.05) is 31.1 Å². The van der Waals surface area contributed by atoms with Crippen molar-refractivity contribution in [1.82, 2.24) is 10.2 Å². The first-order valence-electron chi connectivity index (χ1n) is 7.57. The Morgan fingerprint density at radius 3 is 2.90 bits per heavy atom. The van der Waals surface area contributed by atoms with Crippen molar-refractivity contribution in [3.05, 3.63) is 29.8 Å². The van der Waals surface area contributed by atoms with Gasteiger partial charge in [-0.2, -0.15) is 0 Å². The maximum absolute atomic E-state index is 12.8. The summed E-state index contributed by atoms with van der Waals surface area (Å²) in [5, 5.41) is 2.80. The third kappa shape index (κ3) is 2.78. The van der Waals surface area contributed by atoms with Crippen LogP contribution in [0, 0.1) is 0 Å². The van der Waals surface area contributed by atoms with Gasteiger partial charge in [0.05, 0.1) is 12.6 Å². The summed E-state index contributed by atoms with van der Waals surface area (Å²) in [7, 11) is 0. The number of rotatable bonds is 2. The van der Waals surface area contributed by atoms with Gasteiger partial charge >= 0.3 is 0 Å². The van der Waals surface area contributed by atoms with Crippen molar-refractivity contribution in [3.8, 4) is 0 Å². The Morgan fingerprint density at radius 2 is 2.10 bits per heavy atom. The van der Waals surface area contributed by atoms with Gasteiger partial charge < -0.3 is 10.2 Å². The van der Waals surface area contributed by atoms with Crippen LogP contribution in [0.3, 0.4) is 0 Å². The molecule has 1 aromatic rings. The van der Waals surface area contributed by atoms with Crippen LogP contribution >= 0.6 is 0 Å². The summed E-state index contributed by atoms with van der Waals surface area (Å²) in [6.45, 7) is 4.32. The zero-order chi connectivity index (χ0) is 14.8. The number of fused-ring (bicyclic) bond motifs is 1. The van der Waals surface area contributed by atoms with E-state index in [1.807, 2.05) is 34.9 Å². The lowest BCUT2D eigenvalue weighted by Gasteiger charge is -2.36. The van der Waals surface area contributed by atoms with Crippen LogP contribution in [0.15, 0.2) is 24.3 Å². The topological polar surface area (TPSA) is 52.7 Å². The minimum atomic E-state index is -0.262. The molecule has 1 aromatic carbocycles. The van der Waals surface area contributed by atoms with E-state index in [-0.39, 0.29) is 17.9 Å². The highest BCUT2D eigenvalue weighted by Gasteiger charge is 2.31. The Hall–Kier alpha value is -1.88. The van der Waals surface area contributed by atoms with Crippen LogP contribution in [0.1, 0.15) is 18.9 Å². The molecule has 21 heavy (non-hydrogen) atoms. The van der Waals surface area contributed by atoms with E-state index in [2.05, 4.69) is 11.4 Å². The highest BCUT2D eigenvalue weighted by Crippen LogP contribution is 2.27. The molecule has 112 valence electrons. The summed E-state index contributed by atoms with van der Waals surface area (Å²) in [4.78, 5) is 28.2. The number of carbonyl (C=O) groups excluding carboxylic acids is 2. The SMILES string of the molecule is CC(C(=O)N1CCCc2ccccc21)N1CCNC(=O)C1. The number of anilines is 1. The van der Waals surface area contributed by atoms with Gasteiger partial charge in [0.1, 0.15) is 0 Å². The standard InChI is InChI=1S/C16H21N3O2/c1-12(18-10-8-17-15(20)11-18)16(21)19-9-4-6-13-5-2-3-7-14(13)19/h2-3,5,7,12H,4,6,8-11H2,1H3,(H,17,20). The summed E-state index contributed by atoms with van der Waals surface area (Å²) in [6.07, 6.45) is 2.02. The van der Waals surface area contributed by atoms with Crippen molar-refractivity contribution < 1.29 is 9.59 Å². The molecule has 1 fully saturated rings. The number of aryl methyl sites for hydroxylation is 1. The normalized spacial score (nSPS) is 20.6. The second-order valence-corrected chi connectivity index (χ2v) is 5.72. The van der Waals surface area contributed by atoms with Crippen molar-refractivity contribution in [2.24, 2.45) is 0 Å². The number of piperazine rings is 1. The number of hydrogen-bond acceptors (Lipinski definition) is 3. The molecule has 2 amide bonds. The number of nitrogens with zero attached hydrogens (tertiary/aromatic N) is 2. The van der Waals surface area contributed by atoms with Crippen molar-refractivity contribution in [2.45, 2.75) is 25.8 Å². The maximum Gasteiger partial charge on any atom is 0.244 e. The molecule has 1 saturated heterocycles. The summed E-state index contributed by atoms with van der Waals surface area (Å²) < 4.78 is 0. The lowest BCUT2D eigenvalue weighted by Crippen LogP contribution is -2.56. The zero-order valence-corrected chi connectivity index (χ0v) is 12.3. The van der Waals surface area contributed by atoms with Crippen LogP contribution in [0.2, 0.25) is 0 Å². The van der Waals surface area contributed by atoms with Gasteiger partial charge in [-0.15, -0.1) is 0 Å². The van der Waals surface area contributed by atoms with Crippen LogP contribution in [0.5, 0.6) is 0 Å². The average molecular weight is 287 g/mol. The number of benzene rings is 1. The number of hydrogen-bond donors (Lipinski definition) is 1. The Labute approximate surface area is 124 Å². The van der Waals surface area contributed by atoms with E-state index in [1.165, 1.54) is 5.56 Å². The Bertz CT molecular complexity index is 558. The molecule has 0 spiro atoms. The van der Waals surface area contributed by atoms with Crippen molar-refractivity contribution in [1.29, 1.82) is 0 Å². The second kappa shape index (κ2) is 5.85. The van der Waals surface area contributed by atoms with Crippen LogP contribution in [-0.2, 0) is 16.0 Å². The van der Waals surface area contributed by atoms with E-state index in [0.29, 0.717) is 13.1 Å². The third-order valence-electron chi connectivity index (χ3n) is 4.35.